The van der Waals surface area contributed by atoms with Gasteiger partial charge in [-0.05, 0) is 28.6 Å². The Labute approximate surface area is 101 Å². The zero-order valence-electron chi connectivity index (χ0n) is 9.29. The maximum absolute atomic E-state index is 13.4. The van der Waals surface area contributed by atoms with E-state index in [0.29, 0.717) is 23.6 Å². The van der Waals surface area contributed by atoms with Gasteiger partial charge in [-0.2, -0.15) is 0 Å². The molecule has 0 spiro atoms. The summed E-state index contributed by atoms with van der Waals surface area (Å²) in [5, 5.41) is 18.1. The zero-order valence-corrected chi connectivity index (χ0v) is 9.29. The maximum Gasteiger partial charge on any atom is 0.200 e. The number of fused-ring (bicyclic) bond motifs is 1. The molecule has 0 bridgehead atoms. The summed E-state index contributed by atoms with van der Waals surface area (Å²) in [7, 11) is 0. The van der Waals surface area contributed by atoms with E-state index in [2.05, 4.69) is 25.9 Å². The lowest BCUT2D eigenvalue weighted by molar-refractivity contribution is 0.612. The van der Waals surface area contributed by atoms with E-state index < -0.39 is 0 Å². The molecule has 1 aromatic carbocycles. The van der Waals surface area contributed by atoms with Gasteiger partial charge in [0.15, 0.2) is 5.65 Å². The Bertz CT molecular complexity index is 680. The fourth-order valence-corrected chi connectivity index (χ4v) is 1.57. The van der Waals surface area contributed by atoms with Crippen LogP contribution in [0.15, 0.2) is 36.4 Å². The van der Waals surface area contributed by atoms with Crippen molar-refractivity contribution < 1.29 is 4.39 Å². The molecule has 0 saturated carbocycles. The fourth-order valence-electron chi connectivity index (χ4n) is 1.57. The molecular weight excluding hydrogens is 235 g/mol. The van der Waals surface area contributed by atoms with Crippen LogP contribution in [0.3, 0.4) is 0 Å². The summed E-state index contributed by atoms with van der Waals surface area (Å²) in [4.78, 5) is 0. The number of nitrogens with one attached hydrogen (secondary N) is 1. The average molecular weight is 244 g/mol. The second kappa shape index (κ2) is 4.36. The molecule has 90 valence electrons. The van der Waals surface area contributed by atoms with Gasteiger partial charge in [0.25, 0.3) is 0 Å². The Morgan fingerprint density at radius 3 is 2.94 bits per heavy atom. The zero-order chi connectivity index (χ0) is 12.4. The number of halogens is 1. The Morgan fingerprint density at radius 2 is 2.06 bits per heavy atom. The Balaban J connectivity index is 1.78. The van der Waals surface area contributed by atoms with E-state index in [1.54, 1.807) is 30.3 Å². The molecular formula is C11H9FN6. The van der Waals surface area contributed by atoms with Crippen LogP contribution in [-0.2, 0) is 6.54 Å². The van der Waals surface area contributed by atoms with Gasteiger partial charge in [0.2, 0.25) is 0 Å². The molecule has 6 nitrogen and oxygen atoms in total. The summed E-state index contributed by atoms with van der Waals surface area (Å²) in [5.41, 5.74) is 1.14. The van der Waals surface area contributed by atoms with Gasteiger partial charge in [-0.15, -0.1) is 14.8 Å². The lowest BCUT2D eigenvalue weighted by atomic mass is 10.2. The van der Waals surface area contributed by atoms with Crippen LogP contribution in [-0.4, -0.2) is 25.3 Å². The minimum Gasteiger partial charge on any atom is -0.364 e. The molecule has 0 aliphatic rings. The van der Waals surface area contributed by atoms with Crippen molar-refractivity contribution in [1.29, 1.82) is 0 Å². The summed E-state index contributed by atoms with van der Waals surface area (Å²) < 4.78 is 14.7. The molecule has 2 heterocycles. The van der Waals surface area contributed by atoms with Crippen LogP contribution in [0, 0.1) is 5.82 Å². The fraction of sp³-hybridized carbons (Fsp3) is 0.0909. The third-order valence-electron chi connectivity index (χ3n) is 2.49. The van der Waals surface area contributed by atoms with Gasteiger partial charge in [0.05, 0.1) is 0 Å². The number of rotatable bonds is 3. The van der Waals surface area contributed by atoms with Crippen molar-refractivity contribution in [1.82, 2.24) is 25.3 Å². The highest BCUT2D eigenvalue weighted by Crippen LogP contribution is 2.09. The number of anilines is 1. The number of benzene rings is 1. The lowest BCUT2D eigenvalue weighted by Crippen LogP contribution is -2.05. The highest BCUT2D eigenvalue weighted by Gasteiger charge is 2.03. The van der Waals surface area contributed by atoms with E-state index in [4.69, 9.17) is 0 Å². The average Bonchev–Trinajstić information content (AvgIpc) is 2.85. The number of hydrogen-bond acceptors (Lipinski definition) is 5. The van der Waals surface area contributed by atoms with Crippen molar-refractivity contribution in [3.63, 3.8) is 0 Å². The van der Waals surface area contributed by atoms with Crippen molar-refractivity contribution in [2.24, 2.45) is 0 Å². The first-order valence-electron chi connectivity index (χ1n) is 5.35. The number of nitrogens with zero attached hydrogens (tertiary/aromatic N) is 5. The van der Waals surface area contributed by atoms with E-state index in [9.17, 15) is 4.39 Å². The highest BCUT2D eigenvalue weighted by atomic mass is 19.1. The quantitative estimate of drug-likeness (QED) is 0.751. The number of aromatic nitrogens is 5. The van der Waals surface area contributed by atoms with E-state index in [-0.39, 0.29) is 5.82 Å². The van der Waals surface area contributed by atoms with Gasteiger partial charge in [0, 0.05) is 12.1 Å². The highest BCUT2D eigenvalue weighted by molar-refractivity contribution is 5.42. The monoisotopic (exact) mass is 244 g/mol. The first-order chi connectivity index (χ1) is 8.83. The third-order valence-corrected chi connectivity index (χ3v) is 2.49. The van der Waals surface area contributed by atoms with Gasteiger partial charge in [0.1, 0.15) is 11.6 Å². The molecule has 3 aromatic rings. The molecule has 0 aliphatic carbocycles. The van der Waals surface area contributed by atoms with Gasteiger partial charge >= 0.3 is 0 Å². The lowest BCUT2D eigenvalue weighted by Gasteiger charge is -2.05. The van der Waals surface area contributed by atoms with Crippen LogP contribution in [0.1, 0.15) is 5.56 Å². The van der Waals surface area contributed by atoms with Gasteiger partial charge in [-0.25, -0.2) is 4.39 Å². The van der Waals surface area contributed by atoms with E-state index >= 15 is 0 Å². The third kappa shape index (κ3) is 1.97. The van der Waals surface area contributed by atoms with E-state index in [1.807, 2.05) is 0 Å². The van der Waals surface area contributed by atoms with Crippen LogP contribution < -0.4 is 5.32 Å². The van der Waals surface area contributed by atoms with Crippen molar-refractivity contribution in [2.75, 3.05) is 5.32 Å². The predicted molar refractivity (Wildman–Crippen MR) is 62.3 cm³/mol. The summed E-state index contributed by atoms with van der Waals surface area (Å²) in [6.07, 6.45) is 0. The molecule has 0 atom stereocenters. The molecule has 2 aromatic heterocycles. The van der Waals surface area contributed by atoms with E-state index in [0.717, 1.165) is 0 Å². The molecule has 7 heteroatoms. The van der Waals surface area contributed by atoms with Crippen LogP contribution in [0.2, 0.25) is 0 Å². The van der Waals surface area contributed by atoms with Crippen LogP contribution in [0.4, 0.5) is 10.2 Å². The largest absolute Gasteiger partial charge is 0.364 e. The Kier molecular flexibility index (Phi) is 2.56. The second-order valence-corrected chi connectivity index (χ2v) is 3.69. The summed E-state index contributed by atoms with van der Waals surface area (Å²) in [6, 6.07) is 10.1. The molecule has 18 heavy (non-hydrogen) atoms. The molecule has 0 aliphatic heterocycles. The SMILES string of the molecule is Fc1ccccc1CNc1ccc2nnnn2n1. The predicted octanol–water partition coefficient (Wildman–Crippen LogP) is 1.27. The normalized spacial score (nSPS) is 10.7. The smallest absolute Gasteiger partial charge is 0.200 e. The maximum atomic E-state index is 13.4. The molecule has 0 saturated heterocycles. The minimum atomic E-state index is -0.242. The van der Waals surface area contributed by atoms with Crippen LogP contribution in [0.25, 0.3) is 5.65 Å². The topological polar surface area (TPSA) is 68.0 Å². The molecule has 0 amide bonds. The second-order valence-electron chi connectivity index (χ2n) is 3.69. The van der Waals surface area contributed by atoms with Crippen LogP contribution >= 0.6 is 0 Å². The van der Waals surface area contributed by atoms with Gasteiger partial charge in [-0.1, -0.05) is 18.2 Å². The van der Waals surface area contributed by atoms with Crippen molar-refractivity contribution in [2.45, 2.75) is 6.54 Å². The first kappa shape index (κ1) is 10.6. The van der Waals surface area contributed by atoms with Crippen molar-refractivity contribution >= 4 is 11.5 Å². The van der Waals surface area contributed by atoms with Crippen molar-refractivity contribution in [3.8, 4) is 0 Å². The standard InChI is InChI=1S/C11H9FN6/c12-9-4-2-1-3-8(9)7-13-10-5-6-11-14-16-17-18(11)15-10/h1-6H,7H2,(H,13,15). The minimum absolute atomic E-state index is 0.242. The van der Waals surface area contributed by atoms with E-state index in [1.165, 1.54) is 10.7 Å². The first-order valence-corrected chi connectivity index (χ1v) is 5.35. The van der Waals surface area contributed by atoms with Crippen LogP contribution in [0.5, 0.6) is 0 Å². The molecule has 0 radical (unpaired) electrons. The molecule has 1 N–H and O–H groups in total. The Morgan fingerprint density at radius 1 is 1.17 bits per heavy atom. The summed E-state index contributed by atoms with van der Waals surface area (Å²) in [6.45, 7) is 0.354. The Hall–Kier alpha value is -2.57. The summed E-state index contributed by atoms with van der Waals surface area (Å²) in [5.74, 6) is 0.339. The summed E-state index contributed by atoms with van der Waals surface area (Å²) >= 11 is 0. The molecule has 0 fully saturated rings. The van der Waals surface area contributed by atoms with Gasteiger partial charge in [-0.3, -0.25) is 0 Å². The van der Waals surface area contributed by atoms with Crippen molar-refractivity contribution in [3.05, 3.63) is 47.8 Å². The molecule has 3 rings (SSSR count). The number of tetrazole rings is 1. The van der Waals surface area contributed by atoms with Gasteiger partial charge < -0.3 is 5.32 Å². The number of hydrogen-bond donors (Lipinski definition) is 1. The molecule has 0 unspecified atom stereocenters.